The number of aryl methyl sites for hydroxylation is 3. The molecule has 0 saturated heterocycles. The molecule has 0 aromatic heterocycles. The molecule has 1 atom stereocenters. The maximum Gasteiger partial charge on any atom is 0.246 e. The fourth-order valence-electron chi connectivity index (χ4n) is 2.14. The molecule has 0 saturated carbocycles. The molecule has 0 spiro atoms. The van der Waals surface area contributed by atoms with Crippen LogP contribution in [0.15, 0.2) is 42.5 Å². The number of rotatable bonds is 4. The van der Waals surface area contributed by atoms with E-state index in [1.165, 1.54) is 5.56 Å². The van der Waals surface area contributed by atoms with Gasteiger partial charge in [-0.3, -0.25) is 4.79 Å². The van der Waals surface area contributed by atoms with Gasteiger partial charge in [0.05, 0.1) is 0 Å². The highest BCUT2D eigenvalue weighted by atomic mass is 16.2. The molecule has 0 bridgehead atoms. The van der Waals surface area contributed by atoms with Crippen molar-refractivity contribution >= 4 is 17.3 Å². The highest BCUT2D eigenvalue weighted by molar-refractivity contribution is 5.96. The molecule has 2 rings (SSSR count). The Bertz CT molecular complexity index is 649. The number of amides is 1. The van der Waals surface area contributed by atoms with Gasteiger partial charge in [0.15, 0.2) is 0 Å². The Morgan fingerprint density at radius 3 is 2.33 bits per heavy atom. The lowest BCUT2D eigenvalue weighted by Crippen LogP contribution is -2.32. The molecule has 0 aliphatic heterocycles. The van der Waals surface area contributed by atoms with Crippen LogP contribution in [-0.2, 0) is 4.79 Å². The summed E-state index contributed by atoms with van der Waals surface area (Å²) in [6.07, 6.45) is 0. The molecule has 21 heavy (non-hydrogen) atoms. The van der Waals surface area contributed by atoms with Crippen LogP contribution in [0.3, 0.4) is 0 Å². The largest absolute Gasteiger partial charge is 0.374 e. The highest BCUT2D eigenvalue weighted by Gasteiger charge is 2.14. The first-order valence-corrected chi connectivity index (χ1v) is 7.17. The Labute approximate surface area is 126 Å². The maximum absolute atomic E-state index is 12.3. The van der Waals surface area contributed by atoms with Crippen LogP contribution in [0.4, 0.5) is 11.4 Å². The molecule has 1 unspecified atom stereocenters. The molecule has 0 heterocycles. The molecule has 3 heteroatoms. The van der Waals surface area contributed by atoms with E-state index in [0.29, 0.717) is 0 Å². The van der Waals surface area contributed by atoms with Gasteiger partial charge < -0.3 is 10.6 Å². The number of hydrogen-bond donors (Lipinski definition) is 2. The van der Waals surface area contributed by atoms with E-state index >= 15 is 0 Å². The van der Waals surface area contributed by atoms with Crippen LogP contribution in [-0.4, -0.2) is 11.9 Å². The van der Waals surface area contributed by atoms with Crippen LogP contribution < -0.4 is 10.6 Å². The topological polar surface area (TPSA) is 41.1 Å². The Balaban J connectivity index is 2.06. The predicted octanol–water partition coefficient (Wildman–Crippen LogP) is 4.05. The van der Waals surface area contributed by atoms with Crippen molar-refractivity contribution < 1.29 is 4.79 Å². The van der Waals surface area contributed by atoms with Crippen LogP contribution in [0.2, 0.25) is 0 Å². The number of carbonyl (C=O) groups is 1. The fourth-order valence-corrected chi connectivity index (χ4v) is 2.14. The number of hydrogen-bond acceptors (Lipinski definition) is 2. The minimum atomic E-state index is -0.301. The minimum absolute atomic E-state index is 0.0368. The Morgan fingerprint density at radius 2 is 1.62 bits per heavy atom. The number of para-hydroxylation sites is 1. The third kappa shape index (κ3) is 3.85. The summed E-state index contributed by atoms with van der Waals surface area (Å²) in [5.74, 6) is -0.0368. The molecule has 2 N–H and O–H groups in total. The second kappa shape index (κ2) is 6.44. The number of carbonyl (C=O) groups excluding carboxylic acids is 1. The van der Waals surface area contributed by atoms with E-state index in [9.17, 15) is 4.79 Å². The summed E-state index contributed by atoms with van der Waals surface area (Å²) in [5, 5.41) is 6.24. The van der Waals surface area contributed by atoms with Gasteiger partial charge in [-0.05, 0) is 56.5 Å². The molecule has 2 aromatic carbocycles. The van der Waals surface area contributed by atoms with Gasteiger partial charge in [0.1, 0.15) is 6.04 Å². The van der Waals surface area contributed by atoms with Gasteiger partial charge in [0, 0.05) is 11.4 Å². The number of nitrogens with one attached hydrogen (secondary N) is 2. The van der Waals surface area contributed by atoms with Crippen molar-refractivity contribution in [2.45, 2.75) is 33.7 Å². The molecule has 0 fully saturated rings. The summed E-state index contributed by atoms with van der Waals surface area (Å²) in [6, 6.07) is 13.7. The first-order valence-electron chi connectivity index (χ1n) is 7.17. The first-order chi connectivity index (χ1) is 9.97. The summed E-state index contributed by atoms with van der Waals surface area (Å²) >= 11 is 0. The van der Waals surface area contributed by atoms with Crippen molar-refractivity contribution in [1.82, 2.24) is 0 Å². The van der Waals surface area contributed by atoms with Crippen LogP contribution in [0.5, 0.6) is 0 Å². The molecule has 2 aromatic rings. The van der Waals surface area contributed by atoms with E-state index in [1.807, 2.05) is 52.0 Å². The number of benzene rings is 2. The predicted molar refractivity (Wildman–Crippen MR) is 88.8 cm³/mol. The third-order valence-corrected chi connectivity index (χ3v) is 3.56. The van der Waals surface area contributed by atoms with Crippen LogP contribution in [0.25, 0.3) is 0 Å². The monoisotopic (exact) mass is 282 g/mol. The van der Waals surface area contributed by atoms with E-state index in [-0.39, 0.29) is 11.9 Å². The molecule has 1 amide bonds. The number of anilines is 2. The molecule has 0 radical (unpaired) electrons. The molecule has 0 aliphatic rings. The van der Waals surface area contributed by atoms with Crippen molar-refractivity contribution in [3.8, 4) is 0 Å². The van der Waals surface area contributed by atoms with Crippen molar-refractivity contribution in [3.05, 3.63) is 59.2 Å². The quantitative estimate of drug-likeness (QED) is 0.888. The van der Waals surface area contributed by atoms with Gasteiger partial charge in [0.2, 0.25) is 5.91 Å². The normalized spacial score (nSPS) is 11.8. The summed E-state index contributed by atoms with van der Waals surface area (Å²) in [4.78, 5) is 12.3. The summed E-state index contributed by atoms with van der Waals surface area (Å²) in [5.41, 5.74) is 5.23. The second-order valence-electron chi connectivity index (χ2n) is 5.49. The van der Waals surface area contributed by atoms with Gasteiger partial charge in [0.25, 0.3) is 0 Å². The summed E-state index contributed by atoms with van der Waals surface area (Å²) in [7, 11) is 0. The Kier molecular flexibility index (Phi) is 4.63. The average molecular weight is 282 g/mol. The zero-order chi connectivity index (χ0) is 15.4. The first kappa shape index (κ1) is 15.1. The van der Waals surface area contributed by atoms with E-state index in [2.05, 4.69) is 28.8 Å². The summed E-state index contributed by atoms with van der Waals surface area (Å²) < 4.78 is 0. The molecular weight excluding hydrogens is 260 g/mol. The SMILES string of the molecule is Cc1ccc(C)c(NC(C)C(=O)Nc2ccccc2C)c1. The van der Waals surface area contributed by atoms with Crippen LogP contribution >= 0.6 is 0 Å². The van der Waals surface area contributed by atoms with Gasteiger partial charge in [-0.25, -0.2) is 0 Å². The maximum atomic E-state index is 12.3. The molecule has 110 valence electrons. The Hall–Kier alpha value is -2.29. The van der Waals surface area contributed by atoms with Crippen LogP contribution in [0, 0.1) is 20.8 Å². The second-order valence-corrected chi connectivity index (χ2v) is 5.49. The van der Waals surface area contributed by atoms with Crippen molar-refractivity contribution in [1.29, 1.82) is 0 Å². The van der Waals surface area contributed by atoms with E-state index < -0.39 is 0 Å². The highest BCUT2D eigenvalue weighted by Crippen LogP contribution is 2.18. The smallest absolute Gasteiger partial charge is 0.246 e. The van der Waals surface area contributed by atoms with E-state index in [0.717, 1.165) is 22.5 Å². The molecule has 3 nitrogen and oxygen atoms in total. The standard InChI is InChI=1S/C18H22N2O/c1-12-9-10-14(3)17(11-12)19-15(4)18(21)20-16-8-6-5-7-13(16)2/h5-11,15,19H,1-4H3,(H,20,21). The van der Waals surface area contributed by atoms with Crippen molar-refractivity contribution in [3.63, 3.8) is 0 Å². The third-order valence-electron chi connectivity index (χ3n) is 3.56. The van der Waals surface area contributed by atoms with Gasteiger partial charge in [-0.1, -0.05) is 30.3 Å². The van der Waals surface area contributed by atoms with Crippen molar-refractivity contribution in [2.75, 3.05) is 10.6 Å². The summed E-state index contributed by atoms with van der Waals surface area (Å²) in [6.45, 7) is 7.93. The molecular formula is C18H22N2O. The minimum Gasteiger partial charge on any atom is -0.374 e. The fraction of sp³-hybridized carbons (Fsp3) is 0.278. The van der Waals surface area contributed by atoms with Gasteiger partial charge in [-0.15, -0.1) is 0 Å². The lowest BCUT2D eigenvalue weighted by Gasteiger charge is -2.18. The molecule has 0 aliphatic carbocycles. The van der Waals surface area contributed by atoms with Crippen molar-refractivity contribution in [2.24, 2.45) is 0 Å². The van der Waals surface area contributed by atoms with E-state index in [1.54, 1.807) is 0 Å². The van der Waals surface area contributed by atoms with Gasteiger partial charge >= 0.3 is 0 Å². The lowest BCUT2D eigenvalue weighted by molar-refractivity contribution is -0.116. The van der Waals surface area contributed by atoms with E-state index in [4.69, 9.17) is 0 Å². The zero-order valence-corrected chi connectivity index (χ0v) is 13.0. The zero-order valence-electron chi connectivity index (χ0n) is 13.0. The Morgan fingerprint density at radius 1 is 0.952 bits per heavy atom. The van der Waals surface area contributed by atoms with Crippen LogP contribution in [0.1, 0.15) is 23.6 Å². The average Bonchev–Trinajstić information content (AvgIpc) is 2.45. The van der Waals surface area contributed by atoms with Gasteiger partial charge in [-0.2, -0.15) is 0 Å². The lowest BCUT2D eigenvalue weighted by atomic mass is 10.1.